The van der Waals surface area contributed by atoms with Crippen LogP contribution in [0.4, 0.5) is 17.6 Å². The standard InChI is InChI=1S/C23H24F4N2O/c24-19-8-4-17(5-9-19)20-14-21(20)22(30)29-11-1-10-28(12-13-29)15-16-2-6-18(7-3-16)23(25,26)27/h2-9,20-21H,1,10-15H2. The molecule has 1 aliphatic heterocycles. The highest BCUT2D eigenvalue weighted by atomic mass is 19.4. The first-order valence-corrected chi connectivity index (χ1v) is 10.2. The van der Waals surface area contributed by atoms with Crippen LogP contribution in [0.2, 0.25) is 0 Å². The van der Waals surface area contributed by atoms with Crippen LogP contribution in [0.5, 0.6) is 0 Å². The fraction of sp³-hybridized carbons (Fsp3) is 0.435. The van der Waals surface area contributed by atoms with Crippen molar-refractivity contribution < 1.29 is 22.4 Å². The molecule has 3 nitrogen and oxygen atoms in total. The molecule has 2 unspecified atom stereocenters. The average Bonchev–Trinajstić information content (AvgIpc) is 3.52. The molecule has 2 fully saturated rings. The van der Waals surface area contributed by atoms with Crippen molar-refractivity contribution in [3.05, 3.63) is 71.0 Å². The Balaban J connectivity index is 1.30. The van der Waals surface area contributed by atoms with E-state index < -0.39 is 11.7 Å². The van der Waals surface area contributed by atoms with Crippen LogP contribution in [0.25, 0.3) is 0 Å². The van der Waals surface area contributed by atoms with E-state index in [0.29, 0.717) is 26.2 Å². The predicted octanol–water partition coefficient (Wildman–Crippen LogP) is 4.68. The van der Waals surface area contributed by atoms with Crippen molar-refractivity contribution in [3.8, 4) is 0 Å². The molecule has 0 radical (unpaired) electrons. The third kappa shape index (κ3) is 4.83. The smallest absolute Gasteiger partial charge is 0.341 e. The van der Waals surface area contributed by atoms with Gasteiger partial charge in [0.25, 0.3) is 0 Å². The normalized spacial score (nSPS) is 22.6. The molecule has 0 bridgehead atoms. The number of amides is 1. The minimum Gasteiger partial charge on any atom is -0.341 e. The van der Waals surface area contributed by atoms with Gasteiger partial charge in [0.05, 0.1) is 5.56 Å². The number of carbonyl (C=O) groups is 1. The monoisotopic (exact) mass is 420 g/mol. The lowest BCUT2D eigenvalue weighted by molar-refractivity contribution is -0.137. The van der Waals surface area contributed by atoms with Crippen molar-refractivity contribution in [1.82, 2.24) is 9.80 Å². The van der Waals surface area contributed by atoms with Crippen molar-refractivity contribution in [2.45, 2.75) is 31.5 Å². The Kier molecular flexibility index (Phi) is 5.82. The van der Waals surface area contributed by atoms with Crippen LogP contribution >= 0.6 is 0 Å². The highest BCUT2D eigenvalue weighted by Crippen LogP contribution is 2.48. The second kappa shape index (κ2) is 8.38. The maximum Gasteiger partial charge on any atom is 0.416 e. The zero-order valence-corrected chi connectivity index (χ0v) is 16.5. The molecule has 0 aromatic heterocycles. The molecule has 1 amide bonds. The molecule has 1 aliphatic carbocycles. The molecule has 7 heteroatoms. The Labute approximate surface area is 173 Å². The molecule has 1 saturated heterocycles. The highest BCUT2D eigenvalue weighted by molar-refractivity contribution is 5.83. The molecule has 2 atom stereocenters. The van der Waals surface area contributed by atoms with Crippen LogP contribution in [0, 0.1) is 11.7 Å². The number of halogens is 4. The SMILES string of the molecule is O=C(C1CC1c1ccc(F)cc1)N1CCCN(Cc2ccc(C(F)(F)F)cc2)CC1. The second-order valence-corrected chi connectivity index (χ2v) is 8.15. The molecule has 0 spiro atoms. The third-order valence-electron chi connectivity index (χ3n) is 5.99. The van der Waals surface area contributed by atoms with E-state index in [2.05, 4.69) is 4.90 Å². The number of hydrogen-bond donors (Lipinski definition) is 0. The fourth-order valence-electron chi connectivity index (χ4n) is 4.19. The van der Waals surface area contributed by atoms with E-state index in [4.69, 9.17) is 0 Å². The Morgan fingerprint density at radius 1 is 0.933 bits per heavy atom. The van der Waals surface area contributed by atoms with Gasteiger partial charge in [-0.3, -0.25) is 9.69 Å². The van der Waals surface area contributed by atoms with Crippen molar-refractivity contribution >= 4 is 5.91 Å². The summed E-state index contributed by atoms with van der Waals surface area (Å²) >= 11 is 0. The van der Waals surface area contributed by atoms with E-state index in [1.54, 1.807) is 12.1 Å². The summed E-state index contributed by atoms with van der Waals surface area (Å²) in [5, 5.41) is 0. The summed E-state index contributed by atoms with van der Waals surface area (Å²) in [5.41, 5.74) is 1.20. The fourth-order valence-corrected chi connectivity index (χ4v) is 4.19. The van der Waals surface area contributed by atoms with Gasteiger partial charge in [-0.25, -0.2) is 4.39 Å². The van der Waals surface area contributed by atoms with Crippen molar-refractivity contribution in [3.63, 3.8) is 0 Å². The molecule has 2 aromatic carbocycles. The zero-order chi connectivity index (χ0) is 21.3. The van der Waals surface area contributed by atoms with E-state index in [9.17, 15) is 22.4 Å². The van der Waals surface area contributed by atoms with Crippen LogP contribution in [-0.4, -0.2) is 41.9 Å². The van der Waals surface area contributed by atoms with Gasteiger partial charge in [-0.05, 0) is 54.2 Å². The van der Waals surface area contributed by atoms with Gasteiger partial charge >= 0.3 is 6.18 Å². The second-order valence-electron chi connectivity index (χ2n) is 8.15. The van der Waals surface area contributed by atoms with Gasteiger partial charge in [0.2, 0.25) is 5.91 Å². The Morgan fingerprint density at radius 3 is 2.30 bits per heavy atom. The van der Waals surface area contributed by atoms with Crippen molar-refractivity contribution in [2.75, 3.05) is 26.2 Å². The lowest BCUT2D eigenvalue weighted by atomic mass is 10.1. The molecule has 1 heterocycles. The van der Waals surface area contributed by atoms with Gasteiger partial charge < -0.3 is 4.90 Å². The van der Waals surface area contributed by atoms with Gasteiger partial charge in [-0.1, -0.05) is 24.3 Å². The number of rotatable bonds is 4. The lowest BCUT2D eigenvalue weighted by Crippen LogP contribution is -2.36. The van der Waals surface area contributed by atoms with Gasteiger partial charge in [0.15, 0.2) is 0 Å². The third-order valence-corrected chi connectivity index (χ3v) is 5.99. The van der Waals surface area contributed by atoms with E-state index in [1.165, 1.54) is 24.3 Å². The van der Waals surface area contributed by atoms with Crippen LogP contribution in [-0.2, 0) is 17.5 Å². The van der Waals surface area contributed by atoms with Crippen LogP contribution in [0.1, 0.15) is 35.4 Å². The van der Waals surface area contributed by atoms with Gasteiger partial charge in [-0.15, -0.1) is 0 Å². The zero-order valence-electron chi connectivity index (χ0n) is 16.5. The van der Waals surface area contributed by atoms with Gasteiger partial charge in [0.1, 0.15) is 5.82 Å². The summed E-state index contributed by atoms with van der Waals surface area (Å²) in [5.74, 6) is 0.0187. The minimum absolute atomic E-state index is 0.0306. The molecule has 4 rings (SSSR count). The van der Waals surface area contributed by atoms with Crippen LogP contribution in [0.3, 0.4) is 0 Å². The highest BCUT2D eigenvalue weighted by Gasteiger charge is 2.45. The lowest BCUT2D eigenvalue weighted by Gasteiger charge is -2.22. The topological polar surface area (TPSA) is 23.6 Å². The molecule has 2 aliphatic rings. The van der Waals surface area contributed by atoms with Gasteiger partial charge in [0, 0.05) is 38.6 Å². The van der Waals surface area contributed by atoms with E-state index in [0.717, 1.165) is 42.6 Å². The molecule has 1 saturated carbocycles. The van der Waals surface area contributed by atoms with E-state index >= 15 is 0 Å². The molecule has 160 valence electrons. The average molecular weight is 420 g/mol. The van der Waals surface area contributed by atoms with Crippen LogP contribution < -0.4 is 0 Å². The summed E-state index contributed by atoms with van der Waals surface area (Å²) in [6.45, 7) is 3.38. The Bertz CT molecular complexity index is 880. The summed E-state index contributed by atoms with van der Waals surface area (Å²) in [4.78, 5) is 17.0. The van der Waals surface area contributed by atoms with Crippen LogP contribution in [0.15, 0.2) is 48.5 Å². The number of benzene rings is 2. The maximum atomic E-state index is 13.1. The van der Waals surface area contributed by atoms with E-state index in [1.807, 2.05) is 4.90 Å². The first kappa shape index (κ1) is 20.8. The summed E-state index contributed by atoms with van der Waals surface area (Å²) in [6, 6.07) is 11.6. The number of nitrogens with zero attached hydrogens (tertiary/aromatic N) is 2. The summed E-state index contributed by atoms with van der Waals surface area (Å²) in [7, 11) is 0. The number of carbonyl (C=O) groups excluding carboxylic acids is 1. The Hall–Kier alpha value is -2.41. The summed E-state index contributed by atoms with van der Waals surface area (Å²) < 4.78 is 51.2. The Morgan fingerprint density at radius 2 is 1.63 bits per heavy atom. The molecule has 0 N–H and O–H groups in total. The number of hydrogen-bond acceptors (Lipinski definition) is 2. The largest absolute Gasteiger partial charge is 0.416 e. The molecular formula is C23H24F4N2O. The number of alkyl halides is 3. The first-order chi connectivity index (χ1) is 14.3. The van der Waals surface area contributed by atoms with Crippen molar-refractivity contribution in [1.29, 1.82) is 0 Å². The van der Waals surface area contributed by atoms with Gasteiger partial charge in [-0.2, -0.15) is 13.2 Å². The minimum atomic E-state index is -4.32. The molecule has 2 aromatic rings. The quantitative estimate of drug-likeness (QED) is 0.671. The summed E-state index contributed by atoms with van der Waals surface area (Å²) in [6.07, 6.45) is -2.69. The molecular weight excluding hydrogens is 396 g/mol. The maximum absolute atomic E-state index is 13.1. The van der Waals surface area contributed by atoms with E-state index in [-0.39, 0.29) is 23.6 Å². The predicted molar refractivity (Wildman–Crippen MR) is 105 cm³/mol. The first-order valence-electron chi connectivity index (χ1n) is 10.2. The van der Waals surface area contributed by atoms with Crippen molar-refractivity contribution in [2.24, 2.45) is 5.92 Å². The molecule has 30 heavy (non-hydrogen) atoms.